The van der Waals surface area contributed by atoms with Crippen LogP contribution in [0.4, 0.5) is 5.69 Å². The van der Waals surface area contributed by atoms with Gasteiger partial charge in [-0.05, 0) is 37.6 Å². The van der Waals surface area contributed by atoms with Crippen molar-refractivity contribution in [1.29, 1.82) is 0 Å². The fourth-order valence-corrected chi connectivity index (χ4v) is 4.08. The molecule has 0 N–H and O–H groups in total. The minimum Gasteiger partial charge on any atom is -0.465 e. The molecule has 0 amide bonds. The Balaban J connectivity index is 2.04. The Kier molecular flexibility index (Phi) is 7.18. The monoisotopic (exact) mass is 426 g/mol. The Morgan fingerprint density at radius 3 is 2.43 bits per heavy atom. The lowest BCUT2D eigenvalue weighted by Gasteiger charge is -2.15. The molecule has 0 spiro atoms. The summed E-state index contributed by atoms with van der Waals surface area (Å²) in [6.07, 6.45) is 1.48. The summed E-state index contributed by atoms with van der Waals surface area (Å²) < 4.78 is 7.08. The number of hydrogen-bond donors (Lipinski definition) is 0. The minimum atomic E-state index is -0.443. The molecule has 0 aliphatic heterocycles. The second-order valence-electron chi connectivity index (χ2n) is 6.43. The quantitative estimate of drug-likeness (QED) is 0.212. The molecule has 0 aliphatic carbocycles. The Hall–Kier alpha value is -3.20. The molecule has 0 saturated heterocycles. The van der Waals surface area contributed by atoms with Gasteiger partial charge >= 0.3 is 5.97 Å². The molecule has 1 atom stereocenters. The molecule has 3 rings (SSSR count). The van der Waals surface area contributed by atoms with Crippen molar-refractivity contribution in [2.45, 2.75) is 37.1 Å². The van der Waals surface area contributed by atoms with E-state index < -0.39 is 10.2 Å². The average Bonchev–Trinajstić information content (AvgIpc) is 3.18. The van der Waals surface area contributed by atoms with E-state index in [0.717, 1.165) is 12.1 Å². The SMILES string of the molecule is CCCC(Sc1nnc(-c2ccc([N+](=O)[O-])cc2)n1-c1ccccc1)C(=O)OCC. The molecule has 1 unspecified atom stereocenters. The molecule has 0 radical (unpaired) electrons. The lowest BCUT2D eigenvalue weighted by Crippen LogP contribution is -2.20. The van der Waals surface area contributed by atoms with Gasteiger partial charge in [0.05, 0.1) is 11.5 Å². The molecule has 30 heavy (non-hydrogen) atoms. The number of non-ortho nitro benzene ring substituents is 1. The van der Waals surface area contributed by atoms with Gasteiger partial charge in [0.25, 0.3) is 5.69 Å². The van der Waals surface area contributed by atoms with Crippen LogP contribution < -0.4 is 0 Å². The second-order valence-corrected chi connectivity index (χ2v) is 7.60. The molecule has 8 nitrogen and oxygen atoms in total. The normalized spacial score (nSPS) is 11.8. The van der Waals surface area contributed by atoms with E-state index in [1.165, 1.54) is 23.9 Å². The molecule has 0 aliphatic rings. The van der Waals surface area contributed by atoms with Crippen molar-refractivity contribution in [3.63, 3.8) is 0 Å². The van der Waals surface area contributed by atoms with Crippen LogP contribution in [0, 0.1) is 10.1 Å². The Bertz CT molecular complexity index is 1010. The average molecular weight is 426 g/mol. The van der Waals surface area contributed by atoms with Crippen LogP contribution in [0.3, 0.4) is 0 Å². The highest BCUT2D eigenvalue weighted by Gasteiger charge is 2.25. The van der Waals surface area contributed by atoms with Crippen LogP contribution in [0.25, 0.3) is 17.1 Å². The van der Waals surface area contributed by atoms with Crippen LogP contribution >= 0.6 is 11.8 Å². The number of carbonyl (C=O) groups is 1. The maximum Gasteiger partial charge on any atom is 0.319 e. The summed E-state index contributed by atoms with van der Waals surface area (Å²) in [7, 11) is 0. The van der Waals surface area contributed by atoms with Gasteiger partial charge in [-0.3, -0.25) is 19.5 Å². The first-order valence-corrected chi connectivity index (χ1v) is 10.5. The van der Waals surface area contributed by atoms with Gasteiger partial charge in [-0.25, -0.2) is 0 Å². The van der Waals surface area contributed by atoms with E-state index in [1.807, 2.05) is 41.8 Å². The molecule has 3 aromatic rings. The maximum atomic E-state index is 12.4. The van der Waals surface area contributed by atoms with Gasteiger partial charge in [-0.1, -0.05) is 43.3 Å². The fraction of sp³-hybridized carbons (Fsp3) is 0.286. The number of esters is 1. The zero-order valence-electron chi connectivity index (χ0n) is 16.7. The van der Waals surface area contributed by atoms with Crippen molar-refractivity contribution in [2.75, 3.05) is 6.61 Å². The number of benzene rings is 2. The summed E-state index contributed by atoms with van der Waals surface area (Å²) in [5, 5.41) is 19.8. The van der Waals surface area contributed by atoms with Crippen molar-refractivity contribution in [3.8, 4) is 17.1 Å². The van der Waals surface area contributed by atoms with Crippen molar-refractivity contribution in [3.05, 3.63) is 64.7 Å². The summed E-state index contributed by atoms with van der Waals surface area (Å²) in [6, 6.07) is 15.7. The summed E-state index contributed by atoms with van der Waals surface area (Å²) in [4.78, 5) is 22.9. The lowest BCUT2D eigenvalue weighted by molar-refractivity contribution is -0.384. The van der Waals surface area contributed by atoms with Crippen molar-refractivity contribution in [1.82, 2.24) is 14.8 Å². The number of nitro groups is 1. The summed E-state index contributed by atoms with van der Waals surface area (Å²) in [6.45, 7) is 4.11. The number of hydrogen-bond acceptors (Lipinski definition) is 7. The van der Waals surface area contributed by atoms with Crippen LogP contribution in [-0.4, -0.2) is 37.5 Å². The zero-order chi connectivity index (χ0) is 21.5. The predicted molar refractivity (Wildman–Crippen MR) is 115 cm³/mol. The van der Waals surface area contributed by atoms with Gasteiger partial charge in [0.1, 0.15) is 5.25 Å². The van der Waals surface area contributed by atoms with Gasteiger partial charge in [0.2, 0.25) is 0 Å². The first kappa shape index (κ1) is 21.5. The van der Waals surface area contributed by atoms with E-state index in [9.17, 15) is 14.9 Å². The van der Waals surface area contributed by atoms with Gasteiger partial charge in [-0.15, -0.1) is 10.2 Å². The zero-order valence-corrected chi connectivity index (χ0v) is 17.5. The van der Waals surface area contributed by atoms with Gasteiger partial charge in [0.15, 0.2) is 11.0 Å². The van der Waals surface area contributed by atoms with E-state index in [4.69, 9.17) is 4.74 Å². The highest BCUT2D eigenvalue weighted by molar-refractivity contribution is 8.00. The summed E-state index contributed by atoms with van der Waals surface area (Å²) in [5.74, 6) is 0.265. The highest BCUT2D eigenvalue weighted by Crippen LogP contribution is 2.32. The second kappa shape index (κ2) is 10.0. The molecular formula is C21H22N4O4S. The fourth-order valence-electron chi connectivity index (χ4n) is 2.92. The largest absolute Gasteiger partial charge is 0.465 e. The first-order valence-electron chi connectivity index (χ1n) is 9.64. The smallest absolute Gasteiger partial charge is 0.319 e. The minimum absolute atomic E-state index is 0.00412. The molecule has 2 aromatic carbocycles. The molecule has 0 fully saturated rings. The number of thioether (sulfide) groups is 1. The molecule has 1 aromatic heterocycles. The predicted octanol–water partition coefficient (Wildman–Crippen LogP) is 4.67. The van der Waals surface area contributed by atoms with Crippen LogP contribution in [0.15, 0.2) is 59.8 Å². The van der Waals surface area contributed by atoms with E-state index in [0.29, 0.717) is 29.6 Å². The van der Waals surface area contributed by atoms with E-state index in [-0.39, 0.29) is 11.7 Å². The summed E-state index contributed by atoms with van der Waals surface area (Å²) >= 11 is 1.31. The third-order valence-electron chi connectivity index (χ3n) is 4.33. The van der Waals surface area contributed by atoms with Gasteiger partial charge < -0.3 is 4.74 Å². The van der Waals surface area contributed by atoms with E-state index >= 15 is 0 Å². The molecule has 1 heterocycles. The van der Waals surface area contributed by atoms with E-state index in [1.54, 1.807) is 19.1 Å². The van der Waals surface area contributed by atoms with Crippen molar-refractivity contribution in [2.24, 2.45) is 0 Å². The van der Waals surface area contributed by atoms with E-state index in [2.05, 4.69) is 10.2 Å². The van der Waals surface area contributed by atoms with Crippen LogP contribution in [-0.2, 0) is 9.53 Å². The molecule has 9 heteroatoms. The standard InChI is InChI=1S/C21H22N4O4S/c1-3-8-18(20(26)29-4-2)30-21-23-22-19(24(21)16-9-6-5-7-10-16)15-11-13-17(14-12-15)25(27)28/h5-7,9-14,18H,3-4,8H2,1-2H3. The molecule has 0 saturated carbocycles. The molecule has 0 bridgehead atoms. The molecule has 156 valence electrons. The van der Waals surface area contributed by atoms with Crippen LogP contribution in [0.5, 0.6) is 0 Å². The Morgan fingerprint density at radius 2 is 1.83 bits per heavy atom. The topological polar surface area (TPSA) is 100 Å². The number of para-hydroxylation sites is 1. The third-order valence-corrected chi connectivity index (χ3v) is 5.52. The number of nitrogens with zero attached hydrogens (tertiary/aromatic N) is 4. The lowest BCUT2D eigenvalue weighted by atomic mass is 10.2. The Morgan fingerprint density at radius 1 is 1.13 bits per heavy atom. The molecular weight excluding hydrogens is 404 g/mol. The Labute approximate surface area is 178 Å². The number of nitro benzene ring substituents is 1. The first-order chi connectivity index (χ1) is 14.5. The van der Waals surface area contributed by atoms with Gasteiger partial charge in [-0.2, -0.15) is 0 Å². The van der Waals surface area contributed by atoms with Crippen molar-refractivity contribution < 1.29 is 14.5 Å². The number of aromatic nitrogens is 3. The van der Waals surface area contributed by atoms with Crippen LogP contribution in [0.1, 0.15) is 26.7 Å². The van der Waals surface area contributed by atoms with Crippen LogP contribution in [0.2, 0.25) is 0 Å². The third kappa shape index (κ3) is 4.85. The highest BCUT2D eigenvalue weighted by atomic mass is 32.2. The number of carbonyl (C=O) groups excluding carboxylic acids is 1. The maximum absolute atomic E-state index is 12.4. The van der Waals surface area contributed by atoms with Crippen molar-refractivity contribution >= 4 is 23.4 Å². The number of rotatable bonds is 9. The summed E-state index contributed by atoms with van der Waals surface area (Å²) in [5.41, 5.74) is 1.52. The van der Waals surface area contributed by atoms with Gasteiger partial charge in [0, 0.05) is 23.4 Å². The number of ether oxygens (including phenoxy) is 1.